The Morgan fingerprint density at radius 3 is 2.44 bits per heavy atom. The minimum absolute atomic E-state index is 0.00558. The van der Waals surface area contributed by atoms with Crippen molar-refractivity contribution in [1.29, 1.82) is 0 Å². The van der Waals surface area contributed by atoms with Crippen molar-refractivity contribution in [3.63, 3.8) is 0 Å². The molecule has 0 bridgehead atoms. The highest BCUT2D eigenvalue weighted by molar-refractivity contribution is 6.39. The molecule has 2 nitrogen and oxygen atoms in total. The Labute approximate surface area is 105 Å². The zero-order valence-corrected chi connectivity index (χ0v) is 14.0. The maximum atomic E-state index is 5.90. The molecular weight excluding hydrogens is 232 g/mol. The van der Waals surface area contributed by atoms with Crippen molar-refractivity contribution < 1.29 is 9.47 Å². The van der Waals surface area contributed by atoms with Crippen LogP contribution in [0.3, 0.4) is 0 Å². The summed E-state index contributed by atoms with van der Waals surface area (Å²) < 4.78 is 11.7. The van der Waals surface area contributed by atoms with Crippen LogP contribution in [0.1, 0.15) is 38.5 Å². The first-order chi connectivity index (χ1) is 7.86. The summed E-state index contributed by atoms with van der Waals surface area (Å²) in [5.74, 6) is 0. The number of hydrogen-bond acceptors (Lipinski definition) is 2. The van der Waals surface area contributed by atoms with Gasteiger partial charge >= 0.3 is 0 Å². The molecule has 4 heteroatoms. The summed E-state index contributed by atoms with van der Waals surface area (Å²) in [6.07, 6.45) is 8.68. The van der Waals surface area contributed by atoms with Gasteiger partial charge in [-0.05, 0) is 44.1 Å². The lowest BCUT2D eigenvalue weighted by molar-refractivity contribution is 0.0144. The van der Waals surface area contributed by atoms with Gasteiger partial charge in [-0.15, -0.1) is 0 Å². The predicted molar refractivity (Wildman–Crippen MR) is 74.2 cm³/mol. The number of ether oxygens (including phenoxy) is 2. The number of hydrogen-bond donors (Lipinski definition) is 0. The SMILES string of the molecule is [SiH3]C(C[SiH2]C1CCCCO1)C1CCCCO1. The molecule has 2 rings (SSSR count). The fourth-order valence-corrected chi connectivity index (χ4v) is 6.59. The van der Waals surface area contributed by atoms with Crippen molar-refractivity contribution >= 4 is 19.8 Å². The van der Waals surface area contributed by atoms with Gasteiger partial charge in [0, 0.05) is 29.2 Å². The summed E-state index contributed by atoms with van der Waals surface area (Å²) in [5.41, 5.74) is 1.62. The van der Waals surface area contributed by atoms with E-state index in [1.54, 1.807) is 0 Å². The van der Waals surface area contributed by atoms with Crippen molar-refractivity contribution in [1.82, 2.24) is 0 Å². The van der Waals surface area contributed by atoms with Gasteiger partial charge in [0.25, 0.3) is 0 Å². The Morgan fingerprint density at radius 2 is 1.81 bits per heavy atom. The molecule has 0 amide bonds. The van der Waals surface area contributed by atoms with Gasteiger partial charge in [-0.25, -0.2) is 0 Å². The summed E-state index contributed by atoms with van der Waals surface area (Å²) >= 11 is 0. The van der Waals surface area contributed by atoms with Gasteiger partial charge in [0.2, 0.25) is 0 Å². The van der Waals surface area contributed by atoms with Crippen LogP contribution in [0.15, 0.2) is 0 Å². The molecule has 16 heavy (non-hydrogen) atoms. The quantitative estimate of drug-likeness (QED) is 0.695. The van der Waals surface area contributed by atoms with Crippen molar-refractivity contribution in [2.45, 2.75) is 61.9 Å². The Bertz CT molecular complexity index is 189. The van der Waals surface area contributed by atoms with Crippen LogP contribution < -0.4 is 0 Å². The third-order valence-electron chi connectivity index (χ3n) is 4.07. The first-order valence-corrected chi connectivity index (χ1v) is 10.1. The van der Waals surface area contributed by atoms with Crippen LogP contribution in [-0.4, -0.2) is 44.8 Å². The first-order valence-electron chi connectivity index (χ1n) is 7.09. The van der Waals surface area contributed by atoms with Crippen molar-refractivity contribution in [3.05, 3.63) is 0 Å². The fourth-order valence-electron chi connectivity index (χ4n) is 2.88. The van der Waals surface area contributed by atoms with E-state index in [1.165, 1.54) is 54.8 Å². The second kappa shape index (κ2) is 6.94. The van der Waals surface area contributed by atoms with E-state index in [0.717, 1.165) is 18.8 Å². The highest BCUT2D eigenvalue weighted by atomic mass is 28.2. The van der Waals surface area contributed by atoms with Gasteiger partial charge in [-0.3, -0.25) is 0 Å². The molecule has 2 saturated heterocycles. The molecule has 2 fully saturated rings. The Balaban J connectivity index is 1.63. The molecule has 0 aromatic carbocycles. The van der Waals surface area contributed by atoms with E-state index in [1.807, 2.05) is 0 Å². The standard InChI is InChI=1S/C12H26O2Si2/c15-11(10-5-1-3-7-13-10)9-16-12-6-2-4-8-14-12/h10-12H,1-9,16H2,15H3. The van der Waals surface area contributed by atoms with E-state index in [0.29, 0.717) is 11.8 Å². The molecule has 0 N–H and O–H groups in total. The van der Waals surface area contributed by atoms with Crippen LogP contribution in [0.5, 0.6) is 0 Å². The van der Waals surface area contributed by atoms with Crippen molar-refractivity contribution in [2.75, 3.05) is 13.2 Å². The lowest BCUT2D eigenvalue weighted by atomic mass is 10.1. The second-order valence-corrected chi connectivity index (χ2v) is 9.00. The van der Waals surface area contributed by atoms with Crippen LogP contribution >= 0.6 is 0 Å². The molecule has 2 heterocycles. The fraction of sp³-hybridized carbons (Fsp3) is 1.00. The van der Waals surface area contributed by atoms with E-state index in [-0.39, 0.29) is 9.52 Å². The van der Waals surface area contributed by atoms with Gasteiger partial charge in [-0.2, -0.15) is 0 Å². The van der Waals surface area contributed by atoms with Gasteiger partial charge in [-0.1, -0.05) is 6.04 Å². The minimum atomic E-state index is 0.00558. The maximum absolute atomic E-state index is 5.90. The molecular formula is C12H26O2Si2. The van der Waals surface area contributed by atoms with Gasteiger partial charge < -0.3 is 9.47 Å². The minimum Gasteiger partial charge on any atom is -0.382 e. The summed E-state index contributed by atoms with van der Waals surface area (Å²) in [4.78, 5) is 0. The van der Waals surface area contributed by atoms with E-state index in [9.17, 15) is 0 Å². The van der Waals surface area contributed by atoms with E-state index < -0.39 is 0 Å². The zero-order chi connectivity index (χ0) is 11.2. The average molecular weight is 259 g/mol. The van der Waals surface area contributed by atoms with Crippen LogP contribution in [-0.2, 0) is 9.47 Å². The normalized spacial score (nSPS) is 34.5. The van der Waals surface area contributed by atoms with Crippen LogP contribution in [0.4, 0.5) is 0 Å². The lowest BCUT2D eigenvalue weighted by Gasteiger charge is -2.29. The zero-order valence-electron chi connectivity index (χ0n) is 10.6. The van der Waals surface area contributed by atoms with E-state index >= 15 is 0 Å². The molecule has 0 spiro atoms. The molecule has 0 aliphatic carbocycles. The second-order valence-electron chi connectivity index (χ2n) is 5.45. The topological polar surface area (TPSA) is 18.5 Å². The summed E-state index contributed by atoms with van der Waals surface area (Å²) in [6, 6.07) is 1.47. The largest absolute Gasteiger partial charge is 0.382 e. The molecule has 94 valence electrons. The number of rotatable bonds is 4. The third-order valence-corrected chi connectivity index (χ3v) is 9.08. The summed E-state index contributed by atoms with van der Waals surface area (Å²) in [6.45, 7) is 2.05. The van der Waals surface area contributed by atoms with Gasteiger partial charge in [0.05, 0.1) is 15.6 Å². The molecule has 0 saturated carbocycles. The van der Waals surface area contributed by atoms with Crippen LogP contribution in [0.2, 0.25) is 11.6 Å². The Hall–Kier alpha value is 0.354. The highest BCUT2D eigenvalue weighted by Crippen LogP contribution is 2.26. The van der Waals surface area contributed by atoms with Crippen molar-refractivity contribution in [3.8, 4) is 0 Å². The Morgan fingerprint density at radius 1 is 1.06 bits per heavy atom. The van der Waals surface area contributed by atoms with Crippen molar-refractivity contribution in [2.24, 2.45) is 0 Å². The van der Waals surface area contributed by atoms with Gasteiger partial charge in [0.15, 0.2) is 0 Å². The highest BCUT2D eigenvalue weighted by Gasteiger charge is 2.22. The van der Waals surface area contributed by atoms with Crippen LogP contribution in [0, 0.1) is 0 Å². The predicted octanol–water partition coefficient (Wildman–Crippen LogP) is 0.823. The molecule has 3 unspecified atom stereocenters. The molecule has 0 aromatic heterocycles. The molecule has 0 aromatic rings. The molecule has 2 aliphatic heterocycles. The monoisotopic (exact) mass is 258 g/mol. The molecule has 3 atom stereocenters. The maximum Gasteiger partial charge on any atom is 0.0568 e. The van der Waals surface area contributed by atoms with Crippen LogP contribution in [0.25, 0.3) is 0 Å². The smallest absolute Gasteiger partial charge is 0.0568 e. The third kappa shape index (κ3) is 3.98. The molecule has 0 radical (unpaired) electrons. The average Bonchev–Trinajstić information content (AvgIpc) is 2.38. The van der Waals surface area contributed by atoms with Gasteiger partial charge in [0.1, 0.15) is 0 Å². The summed E-state index contributed by atoms with van der Waals surface area (Å²) in [7, 11) is 1.32. The Kier molecular flexibility index (Phi) is 5.55. The summed E-state index contributed by atoms with van der Waals surface area (Å²) in [5, 5.41) is 0. The van der Waals surface area contributed by atoms with E-state index in [2.05, 4.69) is 0 Å². The molecule has 2 aliphatic rings. The van der Waals surface area contributed by atoms with E-state index in [4.69, 9.17) is 9.47 Å². The first kappa shape index (κ1) is 12.8. The lowest BCUT2D eigenvalue weighted by Crippen LogP contribution is -2.30.